The number of nitrogens with zero attached hydrogens (tertiary/aromatic N) is 3. The molecule has 7 nitrogen and oxygen atoms in total. The van der Waals surface area contributed by atoms with E-state index in [0.717, 1.165) is 11.8 Å². The first kappa shape index (κ1) is 20.1. The molecule has 2 aromatic rings. The molecule has 9 heteroatoms. The number of carbonyl (C=O) groups is 1. The minimum absolute atomic E-state index is 0.0200. The normalized spacial score (nSPS) is 13.2. The first-order valence-electron chi connectivity index (χ1n) is 7.73. The van der Waals surface area contributed by atoms with E-state index in [4.69, 9.17) is 22.3 Å². The number of Topliss-reactive ketones (excluding diaryl/α,β-unsaturated/α-hetero) is 1. The van der Waals surface area contributed by atoms with E-state index in [2.05, 4.69) is 4.98 Å². The molecule has 0 saturated carbocycles. The third kappa shape index (κ3) is 4.49. The maximum absolute atomic E-state index is 12.7. The van der Waals surface area contributed by atoms with Crippen molar-refractivity contribution in [2.24, 2.45) is 5.92 Å². The van der Waals surface area contributed by atoms with Crippen LogP contribution in [0.1, 0.15) is 13.8 Å². The average molecular weight is 393 g/mol. The van der Waals surface area contributed by atoms with Crippen LogP contribution in [0.2, 0.25) is 5.02 Å². The predicted octanol–water partition coefficient (Wildman–Crippen LogP) is 2.27. The van der Waals surface area contributed by atoms with Gasteiger partial charge in [-0.1, -0.05) is 23.4 Å². The van der Waals surface area contributed by atoms with Gasteiger partial charge in [0.05, 0.1) is 35.4 Å². The molecule has 0 unspecified atom stereocenters. The third-order valence-corrected chi connectivity index (χ3v) is 4.79. The van der Waals surface area contributed by atoms with Crippen molar-refractivity contribution in [3.05, 3.63) is 33.6 Å². The Hall–Kier alpha value is -2.21. The highest BCUT2D eigenvalue weighted by atomic mass is 35.5. The minimum Gasteiger partial charge on any atom is -0.392 e. The number of aliphatic hydroxyl groups excluding tert-OH is 1. The van der Waals surface area contributed by atoms with E-state index in [1.54, 1.807) is 31.2 Å². The maximum Gasteiger partial charge on any atom is 0.262 e. The Kier molecular flexibility index (Phi) is 6.53. The molecule has 0 aliphatic heterocycles. The first-order chi connectivity index (χ1) is 12.2. The summed E-state index contributed by atoms with van der Waals surface area (Å²) in [5, 5.41) is 27.2. The fraction of sp³-hybridized carbons (Fsp3) is 0.353. The zero-order valence-electron chi connectivity index (χ0n) is 14.2. The molecule has 0 spiro atoms. The topological polar surface area (TPSA) is 120 Å². The number of thioether (sulfide) groups is 1. The van der Waals surface area contributed by atoms with Crippen molar-refractivity contribution >= 4 is 45.8 Å². The summed E-state index contributed by atoms with van der Waals surface area (Å²) in [5.74, 6) is -1.67. The van der Waals surface area contributed by atoms with Crippen LogP contribution in [-0.4, -0.2) is 38.0 Å². The Bertz CT molecular complexity index is 965. The van der Waals surface area contributed by atoms with Gasteiger partial charge in [-0.2, -0.15) is 5.26 Å². The number of nitrogens with one attached hydrogen (secondary N) is 1. The van der Waals surface area contributed by atoms with Crippen molar-refractivity contribution in [3.8, 4) is 6.07 Å². The Morgan fingerprint density at radius 3 is 2.81 bits per heavy atom. The van der Waals surface area contributed by atoms with Crippen molar-refractivity contribution in [2.45, 2.75) is 31.7 Å². The molecule has 26 heavy (non-hydrogen) atoms. The van der Waals surface area contributed by atoms with Gasteiger partial charge < -0.3 is 10.5 Å². The van der Waals surface area contributed by atoms with Crippen LogP contribution < -0.4 is 5.56 Å². The van der Waals surface area contributed by atoms with Crippen molar-refractivity contribution in [2.75, 3.05) is 5.75 Å². The van der Waals surface area contributed by atoms with Gasteiger partial charge in [0.2, 0.25) is 0 Å². The molecule has 2 rings (SSSR count). The number of hydrogen-bond donors (Lipinski definition) is 2. The van der Waals surface area contributed by atoms with Gasteiger partial charge >= 0.3 is 0 Å². The molecular weight excluding hydrogens is 376 g/mol. The van der Waals surface area contributed by atoms with Crippen LogP contribution in [0.15, 0.2) is 28.2 Å². The van der Waals surface area contributed by atoms with E-state index in [9.17, 15) is 14.7 Å². The number of aliphatic hydroxyl groups is 1. The van der Waals surface area contributed by atoms with Crippen LogP contribution in [0.5, 0.6) is 0 Å². The largest absolute Gasteiger partial charge is 0.392 e. The summed E-state index contributed by atoms with van der Waals surface area (Å²) >= 11 is 6.95. The summed E-state index contributed by atoms with van der Waals surface area (Å²) in [5.41, 5.74) is 0.0136. The molecule has 0 aliphatic rings. The number of fused-ring (bicyclic) bond motifs is 1. The SMILES string of the molecule is CC(=N)[C@H](C#N)C(=O)CSc1nc2cc(Cl)ccc2c(=O)n1C[C@@H](C)O. The summed E-state index contributed by atoms with van der Waals surface area (Å²) in [4.78, 5) is 29.3. The summed E-state index contributed by atoms with van der Waals surface area (Å²) < 4.78 is 1.30. The zero-order chi connectivity index (χ0) is 19.4. The van der Waals surface area contributed by atoms with Crippen LogP contribution in [0.25, 0.3) is 10.9 Å². The van der Waals surface area contributed by atoms with Crippen molar-refractivity contribution < 1.29 is 9.90 Å². The van der Waals surface area contributed by atoms with Gasteiger partial charge in [-0.25, -0.2) is 4.98 Å². The molecule has 2 N–H and O–H groups in total. The molecule has 0 fully saturated rings. The lowest BCUT2D eigenvalue weighted by Crippen LogP contribution is -2.28. The fourth-order valence-corrected chi connectivity index (χ4v) is 3.42. The lowest BCUT2D eigenvalue weighted by atomic mass is 10.0. The molecule has 1 heterocycles. The summed E-state index contributed by atoms with van der Waals surface area (Å²) in [6.07, 6.45) is -0.787. The van der Waals surface area contributed by atoms with Gasteiger partial charge in [0.15, 0.2) is 10.9 Å². The van der Waals surface area contributed by atoms with Gasteiger partial charge in [-0.3, -0.25) is 14.2 Å². The quantitative estimate of drug-likeness (QED) is 0.423. The van der Waals surface area contributed by atoms with E-state index >= 15 is 0 Å². The fourth-order valence-electron chi connectivity index (χ4n) is 2.34. The van der Waals surface area contributed by atoms with Gasteiger partial charge in [-0.15, -0.1) is 0 Å². The lowest BCUT2D eigenvalue weighted by molar-refractivity contribution is -0.117. The van der Waals surface area contributed by atoms with Gasteiger partial charge in [0.1, 0.15) is 5.92 Å². The van der Waals surface area contributed by atoms with Crippen molar-refractivity contribution in [1.29, 1.82) is 10.7 Å². The number of rotatable bonds is 7. The Morgan fingerprint density at radius 2 is 2.23 bits per heavy atom. The molecule has 0 bridgehead atoms. The highest BCUT2D eigenvalue weighted by Crippen LogP contribution is 2.21. The number of hydrogen-bond acceptors (Lipinski definition) is 7. The van der Waals surface area contributed by atoms with E-state index in [1.807, 2.05) is 0 Å². The third-order valence-electron chi connectivity index (χ3n) is 3.56. The minimum atomic E-state index is -1.12. The van der Waals surface area contributed by atoms with Crippen LogP contribution >= 0.6 is 23.4 Å². The lowest BCUT2D eigenvalue weighted by Gasteiger charge is -2.15. The second-order valence-electron chi connectivity index (χ2n) is 5.82. The highest BCUT2D eigenvalue weighted by molar-refractivity contribution is 7.99. The molecule has 0 radical (unpaired) electrons. The smallest absolute Gasteiger partial charge is 0.262 e. The number of carbonyl (C=O) groups excluding carboxylic acids is 1. The van der Waals surface area contributed by atoms with E-state index in [0.29, 0.717) is 15.9 Å². The average Bonchev–Trinajstić information content (AvgIpc) is 2.55. The van der Waals surface area contributed by atoms with E-state index in [1.165, 1.54) is 11.5 Å². The van der Waals surface area contributed by atoms with Gasteiger partial charge in [-0.05, 0) is 32.0 Å². The molecule has 0 saturated heterocycles. The number of benzene rings is 1. The zero-order valence-corrected chi connectivity index (χ0v) is 15.8. The molecule has 0 aliphatic carbocycles. The summed E-state index contributed by atoms with van der Waals surface area (Å²) in [7, 11) is 0. The van der Waals surface area contributed by atoms with Crippen LogP contribution in [0.4, 0.5) is 0 Å². The maximum atomic E-state index is 12.7. The van der Waals surface area contributed by atoms with Crippen LogP contribution in [0.3, 0.4) is 0 Å². The molecular formula is C17H17ClN4O3S. The van der Waals surface area contributed by atoms with Gasteiger partial charge in [0, 0.05) is 10.7 Å². The number of ketones is 1. The standard InChI is InChI=1S/C17H17ClN4O3S/c1-9(23)7-22-16(25)12-4-3-11(18)5-14(12)21-17(22)26-8-15(24)13(6-19)10(2)20/h3-5,9,13,20,23H,7-8H2,1-2H3/t9-,13+/m1/s1. The van der Waals surface area contributed by atoms with Crippen LogP contribution in [0, 0.1) is 22.7 Å². The molecule has 1 aromatic heterocycles. The molecule has 2 atom stereocenters. The molecule has 1 aromatic carbocycles. The summed E-state index contributed by atoms with van der Waals surface area (Å²) in [6.45, 7) is 2.96. The molecule has 0 amide bonds. The number of aromatic nitrogens is 2. The first-order valence-corrected chi connectivity index (χ1v) is 9.09. The second-order valence-corrected chi connectivity index (χ2v) is 7.20. The summed E-state index contributed by atoms with van der Waals surface area (Å²) in [6, 6.07) is 6.50. The Morgan fingerprint density at radius 1 is 1.54 bits per heavy atom. The monoisotopic (exact) mass is 392 g/mol. The van der Waals surface area contributed by atoms with Crippen molar-refractivity contribution in [1.82, 2.24) is 9.55 Å². The number of halogens is 1. The Balaban J connectivity index is 2.44. The predicted molar refractivity (Wildman–Crippen MR) is 101 cm³/mol. The highest BCUT2D eigenvalue weighted by Gasteiger charge is 2.22. The van der Waals surface area contributed by atoms with Crippen molar-refractivity contribution in [3.63, 3.8) is 0 Å². The van der Waals surface area contributed by atoms with E-state index < -0.39 is 17.8 Å². The Labute approximate surface area is 159 Å². The molecule has 136 valence electrons. The second kappa shape index (κ2) is 8.45. The van der Waals surface area contributed by atoms with E-state index in [-0.39, 0.29) is 28.7 Å². The van der Waals surface area contributed by atoms with Gasteiger partial charge in [0.25, 0.3) is 5.56 Å². The van der Waals surface area contributed by atoms with Crippen LogP contribution in [-0.2, 0) is 11.3 Å². The number of nitriles is 1.